The first-order chi connectivity index (χ1) is 9.06. The first-order valence-corrected chi connectivity index (χ1v) is 6.20. The van der Waals surface area contributed by atoms with Crippen molar-refractivity contribution in [3.63, 3.8) is 0 Å². The number of amides is 1. The Morgan fingerprint density at radius 2 is 2.26 bits per heavy atom. The molecule has 0 bridgehead atoms. The van der Waals surface area contributed by atoms with Crippen molar-refractivity contribution in [2.75, 3.05) is 0 Å². The minimum atomic E-state index is -0.475. The van der Waals surface area contributed by atoms with Gasteiger partial charge in [0.15, 0.2) is 0 Å². The normalized spacial score (nSPS) is 10.6. The SMILES string of the molecule is Cn1cc(CNCc2ccc(C(N)=O)cc2Cl)cn1. The third-order valence-electron chi connectivity index (χ3n) is 2.74. The quantitative estimate of drug-likeness (QED) is 0.870. The van der Waals surface area contributed by atoms with Crippen LogP contribution in [-0.2, 0) is 20.1 Å². The van der Waals surface area contributed by atoms with Gasteiger partial charge < -0.3 is 11.1 Å². The highest BCUT2D eigenvalue weighted by Gasteiger charge is 2.05. The predicted molar refractivity (Wildman–Crippen MR) is 73.7 cm³/mol. The second kappa shape index (κ2) is 5.86. The fraction of sp³-hybridized carbons (Fsp3) is 0.231. The van der Waals surface area contributed by atoms with Gasteiger partial charge in [0.25, 0.3) is 0 Å². The molecule has 0 aliphatic rings. The summed E-state index contributed by atoms with van der Waals surface area (Å²) in [6, 6.07) is 5.07. The Kier molecular flexibility index (Phi) is 4.19. The van der Waals surface area contributed by atoms with E-state index < -0.39 is 5.91 Å². The molecular formula is C13H15ClN4O. The molecule has 3 N–H and O–H groups in total. The van der Waals surface area contributed by atoms with Gasteiger partial charge in [0.1, 0.15) is 0 Å². The van der Waals surface area contributed by atoms with Gasteiger partial charge in [-0.25, -0.2) is 0 Å². The van der Waals surface area contributed by atoms with Crippen LogP contribution in [0.3, 0.4) is 0 Å². The lowest BCUT2D eigenvalue weighted by atomic mass is 10.1. The number of aryl methyl sites for hydroxylation is 1. The molecule has 1 aromatic carbocycles. The van der Waals surface area contributed by atoms with Crippen LogP contribution in [0.1, 0.15) is 21.5 Å². The van der Waals surface area contributed by atoms with Crippen molar-refractivity contribution in [2.45, 2.75) is 13.1 Å². The average molecular weight is 279 g/mol. The van der Waals surface area contributed by atoms with Crippen LogP contribution in [0, 0.1) is 0 Å². The first kappa shape index (κ1) is 13.6. The highest BCUT2D eigenvalue weighted by molar-refractivity contribution is 6.31. The van der Waals surface area contributed by atoms with E-state index in [1.54, 1.807) is 22.9 Å². The van der Waals surface area contributed by atoms with Crippen LogP contribution in [0.25, 0.3) is 0 Å². The lowest BCUT2D eigenvalue weighted by molar-refractivity contribution is 0.100. The maximum absolute atomic E-state index is 11.0. The number of carbonyl (C=O) groups excluding carboxylic acids is 1. The van der Waals surface area contributed by atoms with Crippen molar-refractivity contribution < 1.29 is 4.79 Å². The number of nitrogens with one attached hydrogen (secondary N) is 1. The maximum atomic E-state index is 11.0. The average Bonchev–Trinajstić information content (AvgIpc) is 2.77. The largest absolute Gasteiger partial charge is 0.366 e. The van der Waals surface area contributed by atoms with E-state index in [0.29, 0.717) is 23.7 Å². The molecule has 0 radical (unpaired) electrons. The Morgan fingerprint density at radius 1 is 1.47 bits per heavy atom. The van der Waals surface area contributed by atoms with Crippen LogP contribution < -0.4 is 11.1 Å². The molecule has 0 fully saturated rings. The molecule has 2 rings (SSSR count). The van der Waals surface area contributed by atoms with Crippen LogP contribution in [0.4, 0.5) is 0 Å². The number of nitrogens with two attached hydrogens (primary N) is 1. The van der Waals surface area contributed by atoms with E-state index in [1.165, 1.54) is 0 Å². The zero-order chi connectivity index (χ0) is 13.8. The molecule has 0 unspecified atom stereocenters. The summed E-state index contributed by atoms with van der Waals surface area (Å²) in [5.41, 5.74) is 7.64. The van der Waals surface area contributed by atoms with Gasteiger partial charge in [0.05, 0.1) is 6.20 Å². The fourth-order valence-corrected chi connectivity index (χ4v) is 2.00. The Bertz CT molecular complexity index is 594. The molecule has 0 atom stereocenters. The zero-order valence-corrected chi connectivity index (χ0v) is 11.3. The second-order valence-electron chi connectivity index (χ2n) is 4.30. The summed E-state index contributed by atoms with van der Waals surface area (Å²) >= 11 is 6.10. The Labute approximate surface area is 116 Å². The molecule has 0 aliphatic carbocycles. The van der Waals surface area contributed by atoms with E-state index in [-0.39, 0.29) is 0 Å². The Morgan fingerprint density at radius 3 is 2.84 bits per heavy atom. The fourth-order valence-electron chi connectivity index (χ4n) is 1.75. The van der Waals surface area contributed by atoms with Crippen molar-refractivity contribution in [1.29, 1.82) is 0 Å². The third kappa shape index (κ3) is 3.56. The van der Waals surface area contributed by atoms with Crippen LogP contribution in [0.5, 0.6) is 0 Å². The molecule has 0 aliphatic heterocycles. The van der Waals surface area contributed by atoms with Crippen molar-refractivity contribution in [2.24, 2.45) is 12.8 Å². The number of benzene rings is 1. The molecule has 0 saturated heterocycles. The molecule has 2 aromatic rings. The summed E-state index contributed by atoms with van der Waals surface area (Å²) < 4.78 is 1.76. The molecule has 100 valence electrons. The third-order valence-corrected chi connectivity index (χ3v) is 3.09. The highest BCUT2D eigenvalue weighted by Crippen LogP contribution is 2.17. The van der Waals surface area contributed by atoms with Crippen LogP contribution in [0.15, 0.2) is 30.6 Å². The molecule has 0 saturated carbocycles. The van der Waals surface area contributed by atoms with E-state index in [4.69, 9.17) is 17.3 Å². The molecular weight excluding hydrogens is 264 g/mol. The van der Waals surface area contributed by atoms with Crippen molar-refractivity contribution in [1.82, 2.24) is 15.1 Å². The summed E-state index contributed by atoms with van der Waals surface area (Å²) in [4.78, 5) is 11.0. The standard InChI is InChI=1S/C13H15ClN4O/c1-18-8-9(6-17-18)5-16-7-11-3-2-10(13(15)19)4-12(11)14/h2-4,6,8,16H,5,7H2,1H3,(H2,15,19). The maximum Gasteiger partial charge on any atom is 0.248 e. The smallest absolute Gasteiger partial charge is 0.248 e. The second-order valence-corrected chi connectivity index (χ2v) is 4.70. The molecule has 1 aromatic heterocycles. The van der Waals surface area contributed by atoms with Crippen molar-refractivity contribution in [3.8, 4) is 0 Å². The molecule has 1 heterocycles. The molecule has 1 amide bonds. The highest BCUT2D eigenvalue weighted by atomic mass is 35.5. The Hall–Kier alpha value is -1.85. The number of halogens is 1. The van der Waals surface area contributed by atoms with Gasteiger partial charge in [0.2, 0.25) is 5.91 Å². The summed E-state index contributed by atoms with van der Waals surface area (Å²) in [6.07, 6.45) is 3.76. The monoisotopic (exact) mass is 278 g/mol. The topological polar surface area (TPSA) is 72.9 Å². The van der Waals surface area contributed by atoms with E-state index >= 15 is 0 Å². The minimum absolute atomic E-state index is 0.418. The number of rotatable bonds is 5. The van der Waals surface area contributed by atoms with Crippen molar-refractivity contribution >= 4 is 17.5 Å². The van der Waals surface area contributed by atoms with Gasteiger partial charge in [-0.05, 0) is 17.7 Å². The van der Waals surface area contributed by atoms with E-state index in [9.17, 15) is 4.79 Å². The Balaban J connectivity index is 1.94. The van der Waals surface area contributed by atoms with Gasteiger partial charge in [-0.15, -0.1) is 0 Å². The summed E-state index contributed by atoms with van der Waals surface area (Å²) in [5.74, 6) is -0.475. The lowest BCUT2D eigenvalue weighted by Crippen LogP contribution is -2.14. The predicted octanol–water partition coefficient (Wildman–Crippen LogP) is 1.46. The van der Waals surface area contributed by atoms with Gasteiger partial charge in [-0.2, -0.15) is 5.10 Å². The van der Waals surface area contributed by atoms with Crippen molar-refractivity contribution in [3.05, 3.63) is 52.3 Å². The number of nitrogens with zero attached hydrogens (tertiary/aromatic N) is 2. The van der Waals surface area contributed by atoms with Gasteiger partial charge in [-0.1, -0.05) is 17.7 Å². The van der Waals surface area contributed by atoms with E-state index in [2.05, 4.69) is 10.4 Å². The zero-order valence-electron chi connectivity index (χ0n) is 10.6. The molecule has 5 nitrogen and oxygen atoms in total. The summed E-state index contributed by atoms with van der Waals surface area (Å²) in [7, 11) is 1.88. The number of primary amides is 1. The minimum Gasteiger partial charge on any atom is -0.366 e. The van der Waals surface area contributed by atoms with Crippen LogP contribution >= 0.6 is 11.6 Å². The van der Waals surface area contributed by atoms with Gasteiger partial charge >= 0.3 is 0 Å². The van der Waals surface area contributed by atoms with Gasteiger partial charge in [0, 0.05) is 42.5 Å². The molecule has 6 heteroatoms. The number of hydrogen-bond donors (Lipinski definition) is 2. The molecule has 19 heavy (non-hydrogen) atoms. The van der Waals surface area contributed by atoms with E-state index in [1.807, 2.05) is 19.4 Å². The number of carbonyl (C=O) groups is 1. The molecule has 0 spiro atoms. The first-order valence-electron chi connectivity index (χ1n) is 5.82. The lowest BCUT2D eigenvalue weighted by Gasteiger charge is -2.07. The van der Waals surface area contributed by atoms with E-state index in [0.717, 1.165) is 11.1 Å². The summed E-state index contributed by atoms with van der Waals surface area (Å²) in [6.45, 7) is 1.33. The number of aromatic nitrogens is 2. The number of hydrogen-bond acceptors (Lipinski definition) is 3. The van der Waals surface area contributed by atoms with Gasteiger partial charge in [-0.3, -0.25) is 9.48 Å². The van der Waals surface area contributed by atoms with Crippen LogP contribution in [0.2, 0.25) is 5.02 Å². The van der Waals surface area contributed by atoms with Crippen LogP contribution in [-0.4, -0.2) is 15.7 Å². The summed E-state index contributed by atoms with van der Waals surface area (Å²) in [5, 5.41) is 7.89.